The number of nitrogens with two attached hydrogens (primary N) is 1. The van der Waals surface area contributed by atoms with Gasteiger partial charge in [0.05, 0.1) is 5.52 Å². The zero-order chi connectivity index (χ0) is 14.8. The summed E-state index contributed by atoms with van der Waals surface area (Å²) in [5.41, 5.74) is 7.89. The van der Waals surface area contributed by atoms with Crippen LogP contribution in [0.1, 0.15) is 16.1 Å². The molecule has 0 spiro atoms. The maximum Gasteiger partial charge on any atom is 0.265 e. The third kappa shape index (κ3) is 2.48. The van der Waals surface area contributed by atoms with Gasteiger partial charge in [-0.05, 0) is 23.8 Å². The molecule has 4 nitrogen and oxygen atoms in total. The normalized spacial score (nSPS) is 10.7. The Morgan fingerprint density at radius 1 is 1.14 bits per heavy atom. The molecule has 2 N–H and O–H groups in total. The number of hydrogen-bond donors (Lipinski definition) is 1. The maximum atomic E-state index is 11.4. The van der Waals surface area contributed by atoms with Crippen LogP contribution >= 0.6 is 0 Å². The van der Waals surface area contributed by atoms with Gasteiger partial charge in [0.25, 0.3) is 5.91 Å². The molecule has 1 aromatic heterocycles. The van der Waals surface area contributed by atoms with Crippen LogP contribution in [0.4, 0.5) is 0 Å². The van der Waals surface area contributed by atoms with Gasteiger partial charge < -0.3 is 15.0 Å². The number of fused-ring (bicyclic) bond motifs is 1. The molecule has 3 aromatic rings. The van der Waals surface area contributed by atoms with E-state index in [1.54, 1.807) is 10.6 Å². The van der Waals surface area contributed by atoms with E-state index >= 15 is 0 Å². The van der Waals surface area contributed by atoms with Gasteiger partial charge in [-0.3, -0.25) is 4.79 Å². The molecule has 0 saturated carbocycles. The van der Waals surface area contributed by atoms with Crippen LogP contribution in [0.5, 0.6) is 5.75 Å². The quantitative estimate of drug-likeness (QED) is 0.799. The molecule has 1 amide bonds. The van der Waals surface area contributed by atoms with Crippen molar-refractivity contribution < 1.29 is 9.53 Å². The van der Waals surface area contributed by atoms with Crippen LogP contribution in [-0.4, -0.2) is 10.5 Å². The van der Waals surface area contributed by atoms with Crippen LogP contribution in [0.25, 0.3) is 10.9 Å². The lowest BCUT2D eigenvalue weighted by molar-refractivity contribution is 0.0993. The lowest BCUT2D eigenvalue weighted by Gasteiger charge is -2.08. The van der Waals surface area contributed by atoms with Gasteiger partial charge in [-0.25, -0.2) is 0 Å². The average Bonchev–Trinajstić information content (AvgIpc) is 2.84. The third-order valence-corrected chi connectivity index (χ3v) is 3.54. The number of aromatic nitrogens is 1. The first kappa shape index (κ1) is 13.2. The molecule has 0 fully saturated rings. The average molecular weight is 280 g/mol. The Kier molecular flexibility index (Phi) is 3.36. The molecular weight excluding hydrogens is 264 g/mol. The molecule has 4 heteroatoms. The third-order valence-electron chi connectivity index (χ3n) is 3.54. The van der Waals surface area contributed by atoms with Gasteiger partial charge in [-0.15, -0.1) is 0 Å². The van der Waals surface area contributed by atoms with Crippen LogP contribution in [0.2, 0.25) is 0 Å². The lowest BCUT2D eigenvalue weighted by atomic mass is 10.2. The van der Waals surface area contributed by atoms with Crippen LogP contribution in [0.3, 0.4) is 0 Å². The van der Waals surface area contributed by atoms with Gasteiger partial charge in [-0.1, -0.05) is 36.4 Å². The van der Waals surface area contributed by atoms with E-state index in [1.807, 2.05) is 55.6 Å². The fourth-order valence-corrected chi connectivity index (χ4v) is 2.43. The fraction of sp³-hybridized carbons (Fsp3) is 0.118. The highest BCUT2D eigenvalue weighted by Gasteiger charge is 2.13. The number of aryl methyl sites for hydroxylation is 1. The summed E-state index contributed by atoms with van der Waals surface area (Å²) >= 11 is 0. The Morgan fingerprint density at radius 2 is 1.90 bits per heavy atom. The highest BCUT2D eigenvalue weighted by atomic mass is 16.5. The van der Waals surface area contributed by atoms with Gasteiger partial charge in [-0.2, -0.15) is 0 Å². The Balaban J connectivity index is 1.95. The van der Waals surface area contributed by atoms with Crippen molar-refractivity contribution >= 4 is 16.8 Å². The van der Waals surface area contributed by atoms with Crippen LogP contribution < -0.4 is 10.5 Å². The van der Waals surface area contributed by atoms with Crippen LogP contribution in [-0.2, 0) is 13.7 Å². The second-order valence-electron chi connectivity index (χ2n) is 4.92. The Bertz CT molecular complexity index is 791. The number of amides is 1. The second kappa shape index (κ2) is 5.32. The summed E-state index contributed by atoms with van der Waals surface area (Å²) in [5, 5.41) is 0.893. The van der Waals surface area contributed by atoms with Gasteiger partial charge in [0.2, 0.25) is 0 Å². The van der Waals surface area contributed by atoms with Crippen molar-refractivity contribution in [2.45, 2.75) is 6.61 Å². The molecule has 0 unspecified atom stereocenters. The van der Waals surface area contributed by atoms with E-state index in [2.05, 4.69) is 0 Å². The topological polar surface area (TPSA) is 57.2 Å². The second-order valence-corrected chi connectivity index (χ2v) is 4.92. The van der Waals surface area contributed by atoms with Crippen molar-refractivity contribution in [1.82, 2.24) is 4.57 Å². The molecule has 0 aliphatic carbocycles. The Hall–Kier alpha value is -2.75. The molecule has 0 saturated heterocycles. The first-order chi connectivity index (χ1) is 10.2. The molecule has 2 aromatic carbocycles. The maximum absolute atomic E-state index is 11.4. The molecule has 0 radical (unpaired) electrons. The van der Waals surface area contributed by atoms with Gasteiger partial charge in [0.15, 0.2) is 0 Å². The summed E-state index contributed by atoms with van der Waals surface area (Å²) in [6, 6.07) is 17.5. The van der Waals surface area contributed by atoms with Crippen molar-refractivity contribution in [3.05, 3.63) is 65.9 Å². The van der Waals surface area contributed by atoms with E-state index in [1.165, 1.54) is 0 Å². The highest BCUT2D eigenvalue weighted by Crippen LogP contribution is 2.28. The minimum absolute atomic E-state index is 0.442. The van der Waals surface area contributed by atoms with E-state index in [-0.39, 0.29) is 0 Å². The summed E-state index contributed by atoms with van der Waals surface area (Å²) in [5.74, 6) is 0.308. The van der Waals surface area contributed by atoms with E-state index in [0.717, 1.165) is 22.2 Å². The van der Waals surface area contributed by atoms with Gasteiger partial charge in [0.1, 0.15) is 18.1 Å². The minimum Gasteiger partial charge on any atom is -0.488 e. The molecule has 3 rings (SSSR count). The summed E-state index contributed by atoms with van der Waals surface area (Å²) in [6.45, 7) is 0.487. The van der Waals surface area contributed by atoms with Crippen LogP contribution in [0, 0.1) is 0 Å². The van der Waals surface area contributed by atoms with E-state index in [4.69, 9.17) is 10.5 Å². The predicted octanol–water partition coefficient (Wildman–Crippen LogP) is 2.86. The van der Waals surface area contributed by atoms with E-state index < -0.39 is 5.91 Å². The van der Waals surface area contributed by atoms with E-state index in [0.29, 0.717) is 12.3 Å². The van der Waals surface area contributed by atoms with Crippen molar-refractivity contribution in [2.24, 2.45) is 12.8 Å². The summed E-state index contributed by atoms with van der Waals surface area (Å²) in [4.78, 5) is 11.4. The van der Waals surface area contributed by atoms with Crippen molar-refractivity contribution in [3.8, 4) is 5.75 Å². The SMILES string of the molecule is Cn1c(C(N)=O)cc2c(OCc3ccccc3)cccc21. The Morgan fingerprint density at radius 3 is 2.62 bits per heavy atom. The molecule has 1 heterocycles. The van der Waals surface area contributed by atoms with Crippen molar-refractivity contribution in [2.75, 3.05) is 0 Å². The number of carbonyl (C=O) groups excluding carboxylic acids is 1. The fourth-order valence-electron chi connectivity index (χ4n) is 2.43. The highest BCUT2D eigenvalue weighted by molar-refractivity contribution is 5.99. The number of hydrogen-bond acceptors (Lipinski definition) is 2. The molecule has 21 heavy (non-hydrogen) atoms. The summed E-state index contributed by atoms with van der Waals surface area (Å²) < 4.78 is 7.67. The molecular formula is C17H16N2O2. The monoisotopic (exact) mass is 280 g/mol. The minimum atomic E-state index is -0.442. The van der Waals surface area contributed by atoms with Crippen LogP contribution in [0.15, 0.2) is 54.6 Å². The molecule has 0 aliphatic heterocycles. The number of primary amides is 1. The summed E-state index contributed by atoms with van der Waals surface area (Å²) in [7, 11) is 1.82. The van der Waals surface area contributed by atoms with Gasteiger partial charge >= 0.3 is 0 Å². The molecule has 0 bridgehead atoms. The standard InChI is InChI=1S/C17H16N2O2/c1-19-14-8-5-9-16(13(14)10-15(19)17(18)20)21-11-12-6-3-2-4-7-12/h2-10H,11H2,1H3,(H2,18,20). The molecule has 106 valence electrons. The Labute approximate surface area is 122 Å². The molecule has 0 aliphatic rings. The smallest absolute Gasteiger partial charge is 0.265 e. The molecule has 0 atom stereocenters. The van der Waals surface area contributed by atoms with E-state index in [9.17, 15) is 4.79 Å². The number of ether oxygens (including phenoxy) is 1. The van der Waals surface area contributed by atoms with Crippen molar-refractivity contribution in [1.29, 1.82) is 0 Å². The summed E-state index contributed by atoms with van der Waals surface area (Å²) in [6.07, 6.45) is 0. The first-order valence-corrected chi connectivity index (χ1v) is 6.72. The number of benzene rings is 2. The van der Waals surface area contributed by atoms with Gasteiger partial charge in [0, 0.05) is 12.4 Å². The zero-order valence-electron chi connectivity index (χ0n) is 11.7. The lowest BCUT2D eigenvalue weighted by Crippen LogP contribution is -2.14. The number of rotatable bonds is 4. The number of nitrogens with zero attached hydrogens (tertiary/aromatic N) is 1. The predicted molar refractivity (Wildman–Crippen MR) is 82.2 cm³/mol. The zero-order valence-corrected chi connectivity index (χ0v) is 11.7. The van der Waals surface area contributed by atoms with Crippen molar-refractivity contribution in [3.63, 3.8) is 0 Å². The number of carbonyl (C=O) groups is 1. The first-order valence-electron chi connectivity index (χ1n) is 6.72. The largest absolute Gasteiger partial charge is 0.488 e.